The van der Waals surface area contributed by atoms with Crippen LogP contribution < -0.4 is 11.1 Å². The summed E-state index contributed by atoms with van der Waals surface area (Å²) in [6.45, 7) is 3.13. The first kappa shape index (κ1) is 19.5. The number of aromatic nitrogens is 2. The second kappa shape index (κ2) is 8.48. The highest BCUT2D eigenvalue weighted by Crippen LogP contribution is 2.22. The van der Waals surface area contributed by atoms with E-state index < -0.39 is 24.4 Å². The van der Waals surface area contributed by atoms with Crippen molar-refractivity contribution in [2.24, 2.45) is 5.73 Å². The molecule has 0 unspecified atom stereocenters. The van der Waals surface area contributed by atoms with Crippen LogP contribution in [0.15, 0.2) is 24.3 Å². The van der Waals surface area contributed by atoms with Crippen molar-refractivity contribution in [1.82, 2.24) is 15.1 Å². The molecule has 0 aliphatic carbocycles. The molecular weight excluding hydrogens is 360 g/mol. The van der Waals surface area contributed by atoms with E-state index in [9.17, 15) is 14.4 Å². The summed E-state index contributed by atoms with van der Waals surface area (Å²) in [4.78, 5) is 34.3. The van der Waals surface area contributed by atoms with Gasteiger partial charge in [0.1, 0.15) is 10.7 Å². The molecule has 0 bridgehead atoms. The van der Waals surface area contributed by atoms with Crippen molar-refractivity contribution in [1.29, 1.82) is 0 Å². The summed E-state index contributed by atoms with van der Waals surface area (Å²) >= 11 is 6.26. The number of nitrogens with two attached hydrogens (primary N) is 1. The van der Waals surface area contributed by atoms with E-state index >= 15 is 0 Å². The van der Waals surface area contributed by atoms with Crippen LogP contribution in [0.25, 0.3) is 0 Å². The summed E-state index contributed by atoms with van der Waals surface area (Å²) < 4.78 is 6.41. The van der Waals surface area contributed by atoms with E-state index in [1.54, 1.807) is 6.92 Å². The number of carbonyl (C=O) groups is 3. The molecule has 1 heterocycles. The van der Waals surface area contributed by atoms with E-state index in [1.807, 2.05) is 31.2 Å². The third kappa shape index (κ3) is 5.06. The molecule has 1 aromatic carbocycles. The van der Waals surface area contributed by atoms with Gasteiger partial charge < -0.3 is 15.8 Å². The Kier molecular flexibility index (Phi) is 6.35. The standard InChI is InChI=1S/C17H19ClN4O4/c1-10-3-5-12(6-4-10)8-22-16(18)15(11(2)21-22)17(25)26-9-14(24)20-7-13(19)23/h3-6H,7-9H2,1-2H3,(H2,19,23)(H,20,24). The van der Waals surface area contributed by atoms with Crippen LogP contribution >= 0.6 is 11.6 Å². The number of nitrogens with zero attached hydrogens (tertiary/aromatic N) is 2. The lowest BCUT2D eigenvalue weighted by molar-refractivity contribution is -0.127. The molecule has 2 amide bonds. The first-order valence-corrected chi connectivity index (χ1v) is 8.16. The fraction of sp³-hybridized carbons (Fsp3) is 0.294. The Hall–Kier alpha value is -2.87. The number of halogens is 1. The van der Waals surface area contributed by atoms with Crippen molar-refractivity contribution in [3.63, 3.8) is 0 Å². The summed E-state index contributed by atoms with van der Waals surface area (Å²) in [7, 11) is 0. The largest absolute Gasteiger partial charge is 0.452 e. The van der Waals surface area contributed by atoms with Gasteiger partial charge in [0.25, 0.3) is 5.91 Å². The molecule has 0 radical (unpaired) electrons. The first-order valence-electron chi connectivity index (χ1n) is 7.78. The van der Waals surface area contributed by atoms with Crippen molar-refractivity contribution in [3.05, 3.63) is 51.8 Å². The Bertz CT molecular complexity index is 830. The molecular formula is C17H19ClN4O4. The molecule has 0 spiro atoms. The minimum atomic E-state index is -0.767. The van der Waals surface area contributed by atoms with Crippen LogP contribution in [0.1, 0.15) is 27.2 Å². The number of carbonyl (C=O) groups excluding carboxylic acids is 3. The zero-order valence-electron chi connectivity index (χ0n) is 14.4. The van der Waals surface area contributed by atoms with Crippen LogP contribution in [0.3, 0.4) is 0 Å². The van der Waals surface area contributed by atoms with Crippen LogP contribution in [-0.2, 0) is 20.9 Å². The molecule has 2 rings (SSSR count). The maximum absolute atomic E-state index is 12.2. The maximum Gasteiger partial charge on any atom is 0.343 e. The monoisotopic (exact) mass is 378 g/mol. The number of ether oxygens (including phenoxy) is 1. The first-order chi connectivity index (χ1) is 12.3. The van der Waals surface area contributed by atoms with Gasteiger partial charge in [0.05, 0.1) is 18.8 Å². The van der Waals surface area contributed by atoms with E-state index in [-0.39, 0.29) is 17.3 Å². The fourth-order valence-corrected chi connectivity index (χ4v) is 2.51. The summed E-state index contributed by atoms with van der Waals surface area (Å²) in [5.74, 6) is -2.10. The highest BCUT2D eigenvalue weighted by Gasteiger charge is 2.22. The summed E-state index contributed by atoms with van der Waals surface area (Å²) in [6, 6.07) is 7.84. The minimum Gasteiger partial charge on any atom is -0.452 e. The van der Waals surface area contributed by atoms with Gasteiger partial charge in [-0.2, -0.15) is 5.10 Å². The summed E-state index contributed by atoms with van der Waals surface area (Å²) in [5.41, 5.74) is 7.52. The predicted octanol–water partition coefficient (Wildman–Crippen LogP) is 0.960. The van der Waals surface area contributed by atoms with Gasteiger partial charge in [0.2, 0.25) is 5.91 Å². The second-order valence-corrected chi connectivity index (χ2v) is 6.07. The van der Waals surface area contributed by atoms with Gasteiger partial charge in [-0.3, -0.25) is 9.59 Å². The number of hydrogen-bond donors (Lipinski definition) is 2. The second-order valence-electron chi connectivity index (χ2n) is 5.71. The molecule has 2 aromatic rings. The molecule has 0 saturated heterocycles. The van der Waals surface area contributed by atoms with Crippen LogP contribution in [0.2, 0.25) is 5.15 Å². The SMILES string of the molecule is Cc1ccc(Cn2nc(C)c(C(=O)OCC(=O)NCC(N)=O)c2Cl)cc1. The normalized spacial score (nSPS) is 10.4. The van der Waals surface area contributed by atoms with Crippen molar-refractivity contribution in [3.8, 4) is 0 Å². The number of nitrogens with one attached hydrogen (secondary N) is 1. The number of primary amides is 1. The number of hydrogen-bond acceptors (Lipinski definition) is 5. The smallest absolute Gasteiger partial charge is 0.343 e. The molecule has 0 aliphatic rings. The van der Waals surface area contributed by atoms with Crippen molar-refractivity contribution < 1.29 is 19.1 Å². The Labute approximate surface area is 155 Å². The van der Waals surface area contributed by atoms with Gasteiger partial charge >= 0.3 is 5.97 Å². The molecule has 26 heavy (non-hydrogen) atoms. The lowest BCUT2D eigenvalue weighted by Crippen LogP contribution is -2.36. The van der Waals surface area contributed by atoms with Crippen LogP contribution in [0, 0.1) is 13.8 Å². The lowest BCUT2D eigenvalue weighted by Gasteiger charge is -2.06. The van der Waals surface area contributed by atoms with Gasteiger partial charge in [-0.25, -0.2) is 9.48 Å². The van der Waals surface area contributed by atoms with Gasteiger partial charge in [0, 0.05) is 0 Å². The van der Waals surface area contributed by atoms with Gasteiger partial charge in [-0.1, -0.05) is 41.4 Å². The van der Waals surface area contributed by atoms with Crippen molar-refractivity contribution in [2.45, 2.75) is 20.4 Å². The molecule has 3 N–H and O–H groups in total. The van der Waals surface area contributed by atoms with Gasteiger partial charge in [-0.15, -0.1) is 0 Å². The van der Waals surface area contributed by atoms with Crippen molar-refractivity contribution in [2.75, 3.05) is 13.2 Å². The van der Waals surface area contributed by atoms with Crippen LogP contribution in [0.4, 0.5) is 0 Å². The molecule has 0 saturated carbocycles. The Morgan fingerprint density at radius 2 is 1.88 bits per heavy atom. The number of rotatable bonds is 7. The van der Waals surface area contributed by atoms with E-state index in [1.165, 1.54) is 4.68 Å². The van der Waals surface area contributed by atoms with E-state index in [0.29, 0.717) is 12.2 Å². The summed E-state index contributed by atoms with van der Waals surface area (Å²) in [5, 5.41) is 6.60. The molecule has 1 aromatic heterocycles. The van der Waals surface area contributed by atoms with E-state index in [0.717, 1.165) is 11.1 Å². The number of amides is 2. The quantitative estimate of drug-likeness (QED) is 0.696. The molecule has 0 fully saturated rings. The van der Waals surface area contributed by atoms with Gasteiger partial charge in [-0.05, 0) is 19.4 Å². The minimum absolute atomic E-state index is 0.0986. The third-order valence-corrected chi connectivity index (χ3v) is 3.90. The average Bonchev–Trinajstić information content (AvgIpc) is 2.86. The lowest BCUT2D eigenvalue weighted by atomic mass is 10.1. The van der Waals surface area contributed by atoms with Gasteiger partial charge in [0.15, 0.2) is 6.61 Å². The number of esters is 1. The topological polar surface area (TPSA) is 116 Å². The van der Waals surface area contributed by atoms with E-state index in [2.05, 4.69) is 10.4 Å². The van der Waals surface area contributed by atoms with Crippen LogP contribution in [-0.4, -0.2) is 40.7 Å². The highest BCUT2D eigenvalue weighted by molar-refractivity contribution is 6.32. The molecule has 8 nitrogen and oxygen atoms in total. The zero-order valence-corrected chi connectivity index (χ0v) is 15.2. The molecule has 0 aliphatic heterocycles. The number of benzene rings is 1. The molecule has 138 valence electrons. The van der Waals surface area contributed by atoms with Crippen molar-refractivity contribution >= 4 is 29.4 Å². The summed E-state index contributed by atoms with van der Waals surface area (Å²) in [6.07, 6.45) is 0. The molecule has 0 atom stereocenters. The Morgan fingerprint density at radius 1 is 1.23 bits per heavy atom. The number of aryl methyl sites for hydroxylation is 2. The zero-order chi connectivity index (χ0) is 19.3. The fourth-order valence-electron chi connectivity index (χ4n) is 2.20. The van der Waals surface area contributed by atoms with Crippen LogP contribution in [0.5, 0.6) is 0 Å². The highest BCUT2D eigenvalue weighted by atomic mass is 35.5. The molecule has 9 heteroatoms. The maximum atomic E-state index is 12.2. The Balaban J connectivity index is 2.04. The Morgan fingerprint density at radius 3 is 2.50 bits per heavy atom. The third-order valence-electron chi connectivity index (χ3n) is 3.52. The van der Waals surface area contributed by atoms with E-state index in [4.69, 9.17) is 22.1 Å². The predicted molar refractivity (Wildman–Crippen MR) is 94.7 cm³/mol. The average molecular weight is 379 g/mol.